The van der Waals surface area contributed by atoms with E-state index in [2.05, 4.69) is 18.3 Å². The molecule has 1 aliphatic rings. The van der Waals surface area contributed by atoms with E-state index in [1.165, 1.54) is 5.56 Å². The molecular weight excluding hydrogens is 190 g/mol. The van der Waals surface area contributed by atoms with Gasteiger partial charge in [0, 0.05) is 24.1 Å². The summed E-state index contributed by atoms with van der Waals surface area (Å²) in [6, 6.07) is 2.46. The number of furan rings is 1. The Balaban J connectivity index is 2.15. The van der Waals surface area contributed by atoms with Crippen LogP contribution in [0.4, 0.5) is 0 Å². The molecule has 2 atom stereocenters. The highest BCUT2D eigenvalue weighted by Gasteiger charge is 2.28. The van der Waals surface area contributed by atoms with Crippen molar-refractivity contribution in [2.45, 2.75) is 26.3 Å². The highest BCUT2D eigenvalue weighted by molar-refractivity contribution is 5.21. The largest absolute Gasteiger partial charge is 0.469 e. The molecule has 0 spiro atoms. The number of nitrogens with one attached hydrogen (secondary N) is 1. The second-order valence-corrected chi connectivity index (χ2v) is 4.09. The number of aryl methyl sites for hydroxylation is 1. The van der Waals surface area contributed by atoms with Gasteiger partial charge in [-0.05, 0) is 26.0 Å². The average Bonchev–Trinajstić information content (AvgIpc) is 2.85. The summed E-state index contributed by atoms with van der Waals surface area (Å²) in [5.41, 5.74) is 1.28. The van der Waals surface area contributed by atoms with Gasteiger partial charge in [0.1, 0.15) is 5.76 Å². The SMILES string of the molecule is CCNC(c1ccoc1C)C1CCOC1. The molecular formula is C12H19NO2. The van der Waals surface area contributed by atoms with Gasteiger partial charge < -0.3 is 14.5 Å². The lowest BCUT2D eigenvalue weighted by atomic mass is 9.92. The fraction of sp³-hybridized carbons (Fsp3) is 0.667. The van der Waals surface area contributed by atoms with E-state index < -0.39 is 0 Å². The molecule has 15 heavy (non-hydrogen) atoms. The second kappa shape index (κ2) is 4.81. The quantitative estimate of drug-likeness (QED) is 0.826. The van der Waals surface area contributed by atoms with Crippen LogP contribution in [-0.4, -0.2) is 19.8 Å². The van der Waals surface area contributed by atoms with Gasteiger partial charge in [0.2, 0.25) is 0 Å². The Morgan fingerprint density at radius 3 is 3.00 bits per heavy atom. The third kappa shape index (κ3) is 2.24. The van der Waals surface area contributed by atoms with Gasteiger partial charge in [-0.1, -0.05) is 6.92 Å². The molecule has 0 bridgehead atoms. The lowest BCUT2D eigenvalue weighted by molar-refractivity contribution is 0.177. The van der Waals surface area contributed by atoms with Crippen molar-refractivity contribution < 1.29 is 9.15 Å². The van der Waals surface area contributed by atoms with Gasteiger partial charge in [-0.3, -0.25) is 0 Å². The van der Waals surface area contributed by atoms with Gasteiger partial charge in [-0.2, -0.15) is 0 Å². The summed E-state index contributed by atoms with van der Waals surface area (Å²) in [7, 11) is 0. The molecule has 2 unspecified atom stereocenters. The fourth-order valence-electron chi connectivity index (χ4n) is 2.28. The molecule has 1 aromatic heterocycles. The molecule has 0 saturated carbocycles. The van der Waals surface area contributed by atoms with E-state index in [1.807, 2.05) is 6.92 Å². The minimum absolute atomic E-state index is 0.385. The van der Waals surface area contributed by atoms with Crippen molar-refractivity contribution in [3.8, 4) is 0 Å². The van der Waals surface area contributed by atoms with Crippen LogP contribution in [0.5, 0.6) is 0 Å². The maximum atomic E-state index is 5.45. The first kappa shape index (κ1) is 10.7. The molecule has 1 fully saturated rings. The molecule has 3 heteroatoms. The van der Waals surface area contributed by atoms with Crippen LogP contribution < -0.4 is 5.32 Å². The summed E-state index contributed by atoms with van der Waals surface area (Å²) in [5.74, 6) is 1.61. The predicted molar refractivity (Wildman–Crippen MR) is 58.8 cm³/mol. The zero-order valence-electron chi connectivity index (χ0n) is 9.45. The molecule has 84 valence electrons. The predicted octanol–water partition coefficient (Wildman–Crippen LogP) is 2.28. The Morgan fingerprint density at radius 2 is 2.47 bits per heavy atom. The molecule has 2 rings (SSSR count). The first-order chi connectivity index (χ1) is 7.33. The molecule has 3 nitrogen and oxygen atoms in total. The van der Waals surface area contributed by atoms with Gasteiger partial charge in [-0.15, -0.1) is 0 Å². The van der Waals surface area contributed by atoms with E-state index in [0.29, 0.717) is 12.0 Å². The molecule has 1 N–H and O–H groups in total. The van der Waals surface area contributed by atoms with Crippen LogP contribution in [0.25, 0.3) is 0 Å². The number of rotatable bonds is 4. The van der Waals surface area contributed by atoms with Crippen LogP contribution in [0.1, 0.15) is 30.7 Å². The minimum atomic E-state index is 0.385. The van der Waals surface area contributed by atoms with Crippen molar-refractivity contribution in [2.75, 3.05) is 19.8 Å². The zero-order valence-corrected chi connectivity index (χ0v) is 9.45. The van der Waals surface area contributed by atoms with Crippen LogP contribution in [0.15, 0.2) is 16.7 Å². The standard InChI is InChI=1S/C12H19NO2/c1-3-13-12(10-4-6-14-8-10)11-5-7-15-9(11)2/h5,7,10,12-13H,3-4,6,8H2,1-2H3. The van der Waals surface area contributed by atoms with E-state index in [0.717, 1.165) is 31.9 Å². The first-order valence-electron chi connectivity index (χ1n) is 5.68. The van der Waals surface area contributed by atoms with Crippen molar-refractivity contribution in [2.24, 2.45) is 5.92 Å². The summed E-state index contributed by atoms with van der Waals surface area (Å²) in [6.07, 6.45) is 2.91. The fourth-order valence-corrected chi connectivity index (χ4v) is 2.28. The highest BCUT2D eigenvalue weighted by atomic mass is 16.5. The summed E-state index contributed by atoms with van der Waals surface area (Å²) in [4.78, 5) is 0. The van der Waals surface area contributed by atoms with Crippen molar-refractivity contribution in [1.82, 2.24) is 5.32 Å². The molecule has 0 aromatic carbocycles. The topological polar surface area (TPSA) is 34.4 Å². The van der Waals surface area contributed by atoms with Crippen LogP contribution in [0, 0.1) is 12.8 Å². The van der Waals surface area contributed by atoms with Crippen LogP contribution in [0.3, 0.4) is 0 Å². The van der Waals surface area contributed by atoms with Crippen molar-refractivity contribution in [1.29, 1.82) is 0 Å². The average molecular weight is 209 g/mol. The molecule has 1 saturated heterocycles. The minimum Gasteiger partial charge on any atom is -0.469 e. The van der Waals surface area contributed by atoms with E-state index in [9.17, 15) is 0 Å². The zero-order chi connectivity index (χ0) is 10.7. The smallest absolute Gasteiger partial charge is 0.105 e. The van der Waals surface area contributed by atoms with Gasteiger partial charge in [0.15, 0.2) is 0 Å². The summed E-state index contributed by atoms with van der Waals surface area (Å²) < 4.78 is 10.8. The van der Waals surface area contributed by atoms with Gasteiger partial charge >= 0.3 is 0 Å². The number of ether oxygens (including phenoxy) is 1. The van der Waals surface area contributed by atoms with Gasteiger partial charge in [-0.25, -0.2) is 0 Å². The van der Waals surface area contributed by atoms with Crippen LogP contribution in [0.2, 0.25) is 0 Å². The molecule has 0 radical (unpaired) electrons. The summed E-state index contributed by atoms with van der Waals surface area (Å²) >= 11 is 0. The number of hydrogen-bond donors (Lipinski definition) is 1. The normalized spacial score (nSPS) is 23.2. The van der Waals surface area contributed by atoms with Gasteiger partial charge in [0.25, 0.3) is 0 Å². The van der Waals surface area contributed by atoms with Crippen LogP contribution in [-0.2, 0) is 4.74 Å². The summed E-state index contributed by atoms with van der Waals surface area (Å²) in [6.45, 7) is 6.89. The lowest BCUT2D eigenvalue weighted by Crippen LogP contribution is -2.28. The Kier molecular flexibility index (Phi) is 3.44. The third-order valence-electron chi connectivity index (χ3n) is 3.09. The lowest BCUT2D eigenvalue weighted by Gasteiger charge is -2.22. The molecule has 0 amide bonds. The number of hydrogen-bond acceptors (Lipinski definition) is 3. The molecule has 0 aliphatic carbocycles. The molecule has 2 heterocycles. The van der Waals surface area contributed by atoms with Crippen LogP contribution >= 0.6 is 0 Å². The van der Waals surface area contributed by atoms with E-state index in [-0.39, 0.29) is 0 Å². The molecule has 1 aliphatic heterocycles. The monoisotopic (exact) mass is 209 g/mol. The van der Waals surface area contributed by atoms with E-state index in [4.69, 9.17) is 9.15 Å². The van der Waals surface area contributed by atoms with Gasteiger partial charge in [0.05, 0.1) is 12.9 Å². The Bertz CT molecular complexity index is 302. The maximum Gasteiger partial charge on any atom is 0.105 e. The Morgan fingerprint density at radius 1 is 1.60 bits per heavy atom. The molecule has 1 aromatic rings. The summed E-state index contributed by atoms with van der Waals surface area (Å²) in [5, 5.41) is 3.53. The maximum absolute atomic E-state index is 5.45. The highest BCUT2D eigenvalue weighted by Crippen LogP contribution is 2.30. The third-order valence-corrected chi connectivity index (χ3v) is 3.09. The Hall–Kier alpha value is -0.800. The first-order valence-corrected chi connectivity index (χ1v) is 5.68. The van der Waals surface area contributed by atoms with Crippen molar-refractivity contribution in [3.63, 3.8) is 0 Å². The van der Waals surface area contributed by atoms with Crippen molar-refractivity contribution >= 4 is 0 Å². The second-order valence-electron chi connectivity index (χ2n) is 4.09. The van der Waals surface area contributed by atoms with Crippen molar-refractivity contribution in [3.05, 3.63) is 23.7 Å². The van der Waals surface area contributed by atoms with E-state index >= 15 is 0 Å². The van der Waals surface area contributed by atoms with E-state index in [1.54, 1.807) is 6.26 Å². The Labute approximate surface area is 90.8 Å².